The van der Waals surface area contributed by atoms with Gasteiger partial charge in [0.15, 0.2) is 0 Å². The monoisotopic (exact) mass is 150 g/mol. The smallest absolute Gasteiger partial charge is 0.356 e. The Morgan fingerprint density at radius 2 is 2.20 bits per heavy atom. The number of carboxylic acids is 1. The Morgan fingerprint density at radius 1 is 1.70 bits per heavy atom. The van der Waals surface area contributed by atoms with Gasteiger partial charge in [-0.15, -0.1) is 0 Å². The van der Waals surface area contributed by atoms with Crippen molar-refractivity contribution in [3.05, 3.63) is 0 Å². The summed E-state index contributed by atoms with van der Waals surface area (Å²) in [6.07, 6.45) is 0.0398. The highest BCUT2D eigenvalue weighted by molar-refractivity contribution is 5.76. The van der Waals surface area contributed by atoms with Crippen LogP contribution in [0.25, 0.3) is 0 Å². The van der Waals surface area contributed by atoms with Crippen LogP contribution in [0, 0.1) is 0 Å². The van der Waals surface area contributed by atoms with Gasteiger partial charge in [0.2, 0.25) is 0 Å². The Bertz CT molecular complexity index is 127. The summed E-state index contributed by atoms with van der Waals surface area (Å²) < 4.78 is 12.5. The molecule has 0 unspecified atom stereocenters. The predicted octanol–water partition coefficient (Wildman–Crippen LogP) is -0.566. The third-order valence-electron chi connectivity index (χ3n) is 1.10. The standard InChI is InChI=1S/C5H11FN2O2/c6-5(8,4(9)10)2-1-3-7/h1-3,7-8H2,(H,9,10)/t5-/m0/s1. The van der Waals surface area contributed by atoms with Gasteiger partial charge in [-0.1, -0.05) is 0 Å². The van der Waals surface area contributed by atoms with Crippen LogP contribution >= 0.6 is 0 Å². The molecule has 0 heterocycles. The lowest BCUT2D eigenvalue weighted by atomic mass is 10.1. The topological polar surface area (TPSA) is 89.3 Å². The zero-order valence-electron chi connectivity index (χ0n) is 5.51. The van der Waals surface area contributed by atoms with Crippen LogP contribution in [0.4, 0.5) is 4.39 Å². The minimum atomic E-state index is -2.61. The van der Waals surface area contributed by atoms with Crippen LogP contribution in [-0.2, 0) is 4.79 Å². The summed E-state index contributed by atoms with van der Waals surface area (Å²) in [5.41, 5.74) is 9.74. The van der Waals surface area contributed by atoms with Crippen molar-refractivity contribution in [3.8, 4) is 0 Å². The van der Waals surface area contributed by atoms with E-state index in [1.807, 2.05) is 0 Å². The van der Waals surface area contributed by atoms with Gasteiger partial charge in [0.05, 0.1) is 0 Å². The first-order valence-electron chi connectivity index (χ1n) is 2.92. The Balaban J connectivity index is 3.75. The van der Waals surface area contributed by atoms with Gasteiger partial charge in [-0.25, -0.2) is 9.18 Å². The van der Waals surface area contributed by atoms with Crippen molar-refractivity contribution in [2.75, 3.05) is 6.54 Å². The number of aliphatic carboxylic acids is 1. The molecule has 5 heteroatoms. The number of nitrogens with two attached hydrogens (primary N) is 2. The number of alkyl halides is 1. The van der Waals surface area contributed by atoms with Crippen LogP contribution in [0.15, 0.2) is 0 Å². The second kappa shape index (κ2) is 3.48. The Kier molecular flexibility index (Phi) is 3.24. The van der Waals surface area contributed by atoms with Crippen LogP contribution in [0.5, 0.6) is 0 Å². The average molecular weight is 150 g/mol. The summed E-state index contributed by atoms with van der Waals surface area (Å²) in [6.45, 7) is 0.246. The molecule has 0 fully saturated rings. The first kappa shape index (κ1) is 9.32. The fraction of sp³-hybridized carbons (Fsp3) is 0.800. The number of hydrogen-bond donors (Lipinski definition) is 3. The summed E-state index contributed by atoms with van der Waals surface area (Å²) in [5, 5.41) is 8.13. The van der Waals surface area contributed by atoms with Crippen LogP contribution in [0.1, 0.15) is 12.8 Å². The summed E-state index contributed by atoms with van der Waals surface area (Å²) in [7, 11) is 0. The molecule has 4 nitrogen and oxygen atoms in total. The zero-order valence-corrected chi connectivity index (χ0v) is 5.51. The highest BCUT2D eigenvalue weighted by atomic mass is 19.1. The lowest BCUT2D eigenvalue weighted by Gasteiger charge is -2.12. The Morgan fingerprint density at radius 3 is 2.50 bits per heavy atom. The van der Waals surface area contributed by atoms with Gasteiger partial charge in [-0.3, -0.25) is 5.73 Å². The maximum Gasteiger partial charge on any atom is 0.356 e. The van der Waals surface area contributed by atoms with E-state index in [2.05, 4.69) is 0 Å². The molecule has 60 valence electrons. The van der Waals surface area contributed by atoms with E-state index in [1.165, 1.54) is 0 Å². The van der Waals surface area contributed by atoms with E-state index in [-0.39, 0.29) is 19.4 Å². The molecule has 0 aromatic carbocycles. The van der Waals surface area contributed by atoms with Gasteiger partial charge < -0.3 is 10.8 Å². The molecule has 0 aromatic heterocycles. The second-order valence-corrected chi connectivity index (χ2v) is 2.06. The molecule has 0 rings (SSSR count). The van der Waals surface area contributed by atoms with Crippen LogP contribution in [0.2, 0.25) is 0 Å². The molecule has 10 heavy (non-hydrogen) atoms. The molecule has 1 atom stereocenters. The van der Waals surface area contributed by atoms with E-state index in [4.69, 9.17) is 16.6 Å². The third kappa shape index (κ3) is 2.75. The number of carbonyl (C=O) groups is 1. The predicted molar refractivity (Wildman–Crippen MR) is 34.0 cm³/mol. The fourth-order valence-electron chi connectivity index (χ4n) is 0.466. The number of halogens is 1. The summed E-state index contributed by atoms with van der Waals surface area (Å²) in [4.78, 5) is 9.99. The Hall–Kier alpha value is -0.680. The van der Waals surface area contributed by atoms with E-state index < -0.39 is 11.8 Å². The molecule has 0 aliphatic heterocycles. The molecule has 0 aliphatic carbocycles. The number of rotatable bonds is 4. The molecular weight excluding hydrogens is 139 g/mol. The lowest BCUT2D eigenvalue weighted by molar-refractivity contribution is -0.151. The van der Waals surface area contributed by atoms with Crippen molar-refractivity contribution in [3.63, 3.8) is 0 Å². The summed E-state index contributed by atoms with van der Waals surface area (Å²) in [6, 6.07) is 0. The molecule has 0 amide bonds. The maximum absolute atomic E-state index is 12.5. The van der Waals surface area contributed by atoms with Crippen LogP contribution in [0.3, 0.4) is 0 Å². The van der Waals surface area contributed by atoms with Crippen molar-refractivity contribution >= 4 is 5.97 Å². The van der Waals surface area contributed by atoms with E-state index in [0.29, 0.717) is 0 Å². The molecule has 0 spiro atoms. The third-order valence-corrected chi connectivity index (χ3v) is 1.10. The van der Waals surface area contributed by atoms with Gasteiger partial charge in [-0.2, -0.15) is 0 Å². The first-order valence-corrected chi connectivity index (χ1v) is 2.92. The summed E-state index contributed by atoms with van der Waals surface area (Å²) >= 11 is 0. The fourth-order valence-corrected chi connectivity index (χ4v) is 0.466. The maximum atomic E-state index is 12.5. The van der Waals surface area contributed by atoms with E-state index in [1.54, 1.807) is 0 Å². The molecule has 0 aliphatic rings. The molecule has 0 radical (unpaired) electrons. The SMILES string of the molecule is NCCC[C@@](N)(F)C(=O)O. The number of carboxylic acid groups (broad SMARTS) is 1. The largest absolute Gasteiger partial charge is 0.478 e. The minimum absolute atomic E-state index is 0.237. The minimum Gasteiger partial charge on any atom is -0.478 e. The van der Waals surface area contributed by atoms with Crippen LogP contribution < -0.4 is 11.5 Å². The van der Waals surface area contributed by atoms with Gasteiger partial charge in [-0.05, 0) is 13.0 Å². The Labute approximate surface area is 58.0 Å². The van der Waals surface area contributed by atoms with Gasteiger partial charge >= 0.3 is 5.97 Å². The van der Waals surface area contributed by atoms with E-state index in [0.717, 1.165) is 0 Å². The first-order chi connectivity index (χ1) is 4.50. The van der Waals surface area contributed by atoms with Gasteiger partial charge in [0.1, 0.15) is 0 Å². The van der Waals surface area contributed by atoms with Gasteiger partial charge in [0.25, 0.3) is 5.79 Å². The molecule has 0 aromatic rings. The average Bonchev–Trinajstić information content (AvgIpc) is 1.84. The van der Waals surface area contributed by atoms with Crippen molar-refractivity contribution in [1.82, 2.24) is 0 Å². The van der Waals surface area contributed by atoms with Crippen molar-refractivity contribution in [2.45, 2.75) is 18.6 Å². The van der Waals surface area contributed by atoms with Crippen molar-refractivity contribution < 1.29 is 14.3 Å². The highest BCUT2D eigenvalue weighted by Gasteiger charge is 2.32. The zero-order chi connectivity index (χ0) is 8.20. The van der Waals surface area contributed by atoms with Crippen molar-refractivity contribution in [1.29, 1.82) is 0 Å². The quantitative estimate of drug-likeness (QED) is 0.468. The molecule has 0 bridgehead atoms. The van der Waals surface area contributed by atoms with Gasteiger partial charge in [0, 0.05) is 6.42 Å². The molecule has 0 saturated heterocycles. The molecule has 0 saturated carbocycles. The molecule has 5 N–H and O–H groups in total. The lowest BCUT2D eigenvalue weighted by Crippen LogP contribution is -2.43. The van der Waals surface area contributed by atoms with E-state index >= 15 is 0 Å². The van der Waals surface area contributed by atoms with Crippen molar-refractivity contribution in [2.24, 2.45) is 11.5 Å². The summed E-state index contributed by atoms with van der Waals surface area (Å²) in [5.74, 6) is -4.25. The highest BCUT2D eigenvalue weighted by Crippen LogP contribution is 2.10. The number of hydrogen-bond acceptors (Lipinski definition) is 3. The van der Waals surface area contributed by atoms with E-state index in [9.17, 15) is 9.18 Å². The molecular formula is C5H11FN2O2. The normalized spacial score (nSPS) is 16.3. The van der Waals surface area contributed by atoms with Crippen LogP contribution in [-0.4, -0.2) is 23.4 Å². The second-order valence-electron chi connectivity index (χ2n) is 2.06.